The van der Waals surface area contributed by atoms with E-state index in [1.165, 1.54) is 0 Å². The normalized spacial score (nSPS) is 8.25. The number of phenolic OH excluding ortho intramolecular Hbond substituents is 1. The molecule has 0 bridgehead atoms. The summed E-state index contributed by atoms with van der Waals surface area (Å²) in [5, 5.41) is 8.86. The largest absolute Gasteiger partial charge is 0.508 e. The zero-order valence-corrected chi connectivity index (χ0v) is 7.57. The van der Waals surface area contributed by atoms with Crippen LogP contribution in [0.4, 0.5) is 0 Å². The van der Waals surface area contributed by atoms with Gasteiger partial charge in [0.25, 0.3) is 0 Å². The molecule has 12 heavy (non-hydrogen) atoms. The molecule has 1 rings (SSSR count). The highest BCUT2D eigenvalue weighted by Crippen LogP contribution is 2.16. The molecule has 0 saturated carbocycles. The molecule has 0 aliphatic rings. The van der Waals surface area contributed by atoms with E-state index in [4.69, 9.17) is 9.84 Å². The van der Waals surface area contributed by atoms with Crippen LogP contribution in [0.15, 0.2) is 24.3 Å². The number of hydrogen-bond donors (Lipinski definition) is 1. The molecular formula is C9H14O3. The van der Waals surface area contributed by atoms with Gasteiger partial charge >= 0.3 is 0 Å². The molecule has 0 saturated heterocycles. The molecule has 0 aliphatic carbocycles. The first kappa shape index (κ1) is 10.8. The fourth-order valence-corrected chi connectivity index (χ4v) is 0.610. The first-order valence-corrected chi connectivity index (χ1v) is 3.47. The number of aromatic hydroxyl groups is 1. The fourth-order valence-electron chi connectivity index (χ4n) is 0.610. The SMILES string of the molecule is COC.COc1cccc(O)c1. The summed E-state index contributed by atoms with van der Waals surface area (Å²) in [5.41, 5.74) is 0. The van der Waals surface area contributed by atoms with E-state index >= 15 is 0 Å². The molecule has 0 radical (unpaired) electrons. The molecule has 3 heteroatoms. The molecule has 0 amide bonds. The molecule has 1 aromatic carbocycles. The first-order valence-electron chi connectivity index (χ1n) is 3.47. The molecule has 0 atom stereocenters. The van der Waals surface area contributed by atoms with Crippen molar-refractivity contribution in [1.82, 2.24) is 0 Å². The Morgan fingerprint density at radius 2 is 1.75 bits per heavy atom. The minimum absolute atomic E-state index is 0.231. The van der Waals surface area contributed by atoms with Crippen molar-refractivity contribution in [3.63, 3.8) is 0 Å². The Morgan fingerprint density at radius 1 is 1.17 bits per heavy atom. The fraction of sp³-hybridized carbons (Fsp3) is 0.333. The molecular weight excluding hydrogens is 156 g/mol. The molecule has 0 spiro atoms. The van der Waals surface area contributed by atoms with Gasteiger partial charge in [0.05, 0.1) is 7.11 Å². The highest BCUT2D eigenvalue weighted by molar-refractivity contribution is 5.31. The van der Waals surface area contributed by atoms with E-state index in [0.717, 1.165) is 0 Å². The monoisotopic (exact) mass is 170 g/mol. The van der Waals surface area contributed by atoms with Gasteiger partial charge in [-0.2, -0.15) is 0 Å². The third kappa shape index (κ3) is 4.57. The lowest BCUT2D eigenvalue weighted by atomic mass is 10.3. The van der Waals surface area contributed by atoms with E-state index in [1.807, 2.05) is 0 Å². The van der Waals surface area contributed by atoms with Gasteiger partial charge in [0.15, 0.2) is 0 Å². The number of ether oxygens (including phenoxy) is 2. The van der Waals surface area contributed by atoms with Crippen LogP contribution >= 0.6 is 0 Å². The Hall–Kier alpha value is -1.22. The number of rotatable bonds is 1. The third-order valence-electron chi connectivity index (χ3n) is 1.05. The van der Waals surface area contributed by atoms with E-state index in [-0.39, 0.29) is 5.75 Å². The minimum atomic E-state index is 0.231. The summed E-state index contributed by atoms with van der Waals surface area (Å²) in [5.74, 6) is 0.907. The van der Waals surface area contributed by atoms with Gasteiger partial charge in [-0.05, 0) is 12.1 Å². The lowest BCUT2D eigenvalue weighted by Gasteiger charge is -1.97. The molecule has 68 valence electrons. The second kappa shape index (κ2) is 6.49. The lowest BCUT2D eigenvalue weighted by Crippen LogP contribution is -1.79. The number of hydrogen-bond acceptors (Lipinski definition) is 3. The Kier molecular flexibility index (Phi) is 5.83. The van der Waals surface area contributed by atoms with Crippen molar-refractivity contribution in [3.8, 4) is 11.5 Å². The average Bonchev–Trinajstić information content (AvgIpc) is 2.06. The van der Waals surface area contributed by atoms with Crippen LogP contribution in [0, 0.1) is 0 Å². The van der Waals surface area contributed by atoms with Crippen molar-refractivity contribution in [2.45, 2.75) is 0 Å². The summed E-state index contributed by atoms with van der Waals surface area (Å²) < 4.78 is 9.09. The summed E-state index contributed by atoms with van der Waals surface area (Å²) in [4.78, 5) is 0. The molecule has 0 fully saturated rings. The van der Waals surface area contributed by atoms with Gasteiger partial charge in [-0.25, -0.2) is 0 Å². The van der Waals surface area contributed by atoms with E-state index in [0.29, 0.717) is 5.75 Å². The van der Waals surface area contributed by atoms with Gasteiger partial charge in [0.2, 0.25) is 0 Å². The Balaban J connectivity index is 0.000000354. The van der Waals surface area contributed by atoms with Crippen molar-refractivity contribution in [2.75, 3.05) is 21.3 Å². The summed E-state index contributed by atoms with van der Waals surface area (Å²) in [7, 11) is 4.81. The predicted molar refractivity (Wildman–Crippen MR) is 47.6 cm³/mol. The number of benzene rings is 1. The summed E-state index contributed by atoms with van der Waals surface area (Å²) in [6.07, 6.45) is 0. The summed E-state index contributed by atoms with van der Waals surface area (Å²) in [6.45, 7) is 0. The van der Waals surface area contributed by atoms with Crippen LogP contribution in [0.25, 0.3) is 0 Å². The number of methoxy groups -OCH3 is 2. The van der Waals surface area contributed by atoms with Gasteiger partial charge in [-0.3, -0.25) is 0 Å². The minimum Gasteiger partial charge on any atom is -0.508 e. The van der Waals surface area contributed by atoms with Gasteiger partial charge in [-0.1, -0.05) is 6.07 Å². The number of phenols is 1. The Labute approximate surface area is 72.6 Å². The van der Waals surface area contributed by atoms with Crippen molar-refractivity contribution in [1.29, 1.82) is 0 Å². The van der Waals surface area contributed by atoms with Crippen LogP contribution in [0.5, 0.6) is 11.5 Å². The summed E-state index contributed by atoms with van der Waals surface area (Å²) in [6, 6.07) is 6.66. The van der Waals surface area contributed by atoms with Crippen molar-refractivity contribution >= 4 is 0 Å². The zero-order chi connectivity index (χ0) is 9.40. The Morgan fingerprint density at radius 3 is 2.08 bits per heavy atom. The van der Waals surface area contributed by atoms with E-state index < -0.39 is 0 Å². The van der Waals surface area contributed by atoms with Gasteiger partial charge in [0, 0.05) is 20.3 Å². The van der Waals surface area contributed by atoms with Gasteiger partial charge in [-0.15, -0.1) is 0 Å². The average molecular weight is 170 g/mol. The van der Waals surface area contributed by atoms with Crippen molar-refractivity contribution in [2.24, 2.45) is 0 Å². The van der Waals surface area contributed by atoms with Crippen molar-refractivity contribution in [3.05, 3.63) is 24.3 Å². The van der Waals surface area contributed by atoms with Crippen molar-refractivity contribution < 1.29 is 14.6 Å². The Bertz CT molecular complexity index is 211. The third-order valence-corrected chi connectivity index (χ3v) is 1.05. The quantitative estimate of drug-likeness (QED) is 0.696. The molecule has 0 heterocycles. The van der Waals surface area contributed by atoms with Crippen LogP contribution < -0.4 is 4.74 Å². The first-order chi connectivity index (χ1) is 5.74. The van der Waals surface area contributed by atoms with Crippen LogP contribution in [-0.4, -0.2) is 26.4 Å². The highest BCUT2D eigenvalue weighted by Gasteiger charge is 1.88. The van der Waals surface area contributed by atoms with Gasteiger partial charge in [0.1, 0.15) is 11.5 Å². The molecule has 0 unspecified atom stereocenters. The predicted octanol–water partition coefficient (Wildman–Crippen LogP) is 1.66. The second-order valence-electron chi connectivity index (χ2n) is 2.11. The lowest BCUT2D eigenvalue weighted by molar-refractivity contribution is 0.277. The maximum Gasteiger partial charge on any atom is 0.122 e. The molecule has 0 aliphatic heterocycles. The zero-order valence-electron chi connectivity index (χ0n) is 7.57. The standard InChI is InChI=1S/C7H8O2.C2H6O/c1-9-7-4-2-3-6(8)5-7;1-3-2/h2-5,8H,1H3;1-2H3. The molecule has 3 nitrogen and oxygen atoms in total. The van der Waals surface area contributed by atoms with E-state index in [9.17, 15) is 0 Å². The maximum atomic E-state index is 8.86. The molecule has 1 N–H and O–H groups in total. The van der Waals surface area contributed by atoms with E-state index in [1.54, 1.807) is 45.6 Å². The van der Waals surface area contributed by atoms with Gasteiger partial charge < -0.3 is 14.6 Å². The second-order valence-corrected chi connectivity index (χ2v) is 2.11. The smallest absolute Gasteiger partial charge is 0.122 e. The van der Waals surface area contributed by atoms with Crippen LogP contribution in [0.2, 0.25) is 0 Å². The molecule has 1 aromatic rings. The topological polar surface area (TPSA) is 38.7 Å². The van der Waals surface area contributed by atoms with E-state index in [2.05, 4.69) is 4.74 Å². The van der Waals surface area contributed by atoms with Crippen LogP contribution in [0.1, 0.15) is 0 Å². The summed E-state index contributed by atoms with van der Waals surface area (Å²) >= 11 is 0. The molecule has 0 aromatic heterocycles. The highest BCUT2D eigenvalue weighted by atomic mass is 16.5. The van der Waals surface area contributed by atoms with Crippen LogP contribution in [-0.2, 0) is 4.74 Å². The maximum absolute atomic E-state index is 8.86. The van der Waals surface area contributed by atoms with Crippen LogP contribution in [0.3, 0.4) is 0 Å².